The van der Waals surface area contributed by atoms with E-state index in [9.17, 15) is 14.4 Å². The van der Waals surface area contributed by atoms with Crippen LogP contribution in [0.2, 0.25) is 0 Å². The molecular weight excluding hydrogens is 398 g/mol. The summed E-state index contributed by atoms with van der Waals surface area (Å²) in [5, 5.41) is 3.88. The summed E-state index contributed by atoms with van der Waals surface area (Å²) in [4.78, 5) is 38.8. The fourth-order valence-corrected chi connectivity index (χ4v) is 3.51. The van der Waals surface area contributed by atoms with Crippen LogP contribution in [0.25, 0.3) is 10.8 Å². The average Bonchev–Trinajstić information content (AvgIpc) is 2.76. The monoisotopic (exact) mass is 421 g/mol. The number of Topliss-reactive ketones (excluding diaryl/α,β-unsaturated/α-hetero) is 1. The van der Waals surface area contributed by atoms with Gasteiger partial charge in [0.05, 0.1) is 19.8 Å². The van der Waals surface area contributed by atoms with E-state index in [0.717, 1.165) is 6.92 Å². The largest absolute Gasteiger partial charge is 0.497 e. The fourth-order valence-electron chi connectivity index (χ4n) is 3.51. The Labute approximate surface area is 179 Å². The first-order chi connectivity index (χ1) is 14.8. The standard InChI is InChI=1S/C24H23NO6/c1-15(26)24(31-16(2)27,23(28)25-18-8-6-5-7-9-18)22-20-14-19(29-3)12-10-17(20)11-13-21(22)30-4/h5-14H,1-4H3,(H,25,28). The normalized spacial score (nSPS) is 12.5. The minimum absolute atomic E-state index is 0.127. The summed E-state index contributed by atoms with van der Waals surface area (Å²) in [5.41, 5.74) is -1.71. The van der Waals surface area contributed by atoms with E-state index in [4.69, 9.17) is 14.2 Å². The lowest BCUT2D eigenvalue weighted by Crippen LogP contribution is -2.49. The van der Waals surface area contributed by atoms with Crippen LogP contribution in [-0.4, -0.2) is 31.9 Å². The number of carbonyl (C=O) groups excluding carboxylic acids is 3. The minimum atomic E-state index is -2.28. The van der Waals surface area contributed by atoms with E-state index in [0.29, 0.717) is 22.2 Å². The smallest absolute Gasteiger partial charge is 0.304 e. The Kier molecular flexibility index (Phi) is 6.25. The van der Waals surface area contributed by atoms with Crippen molar-refractivity contribution in [3.63, 3.8) is 0 Å². The van der Waals surface area contributed by atoms with Crippen LogP contribution in [0, 0.1) is 0 Å². The van der Waals surface area contributed by atoms with Crippen LogP contribution in [0.5, 0.6) is 11.5 Å². The maximum Gasteiger partial charge on any atom is 0.304 e. The third kappa shape index (κ3) is 4.07. The molecule has 0 aliphatic rings. The molecule has 0 bridgehead atoms. The predicted octanol–water partition coefficient (Wildman–Crippen LogP) is 3.84. The molecule has 0 radical (unpaired) electrons. The minimum Gasteiger partial charge on any atom is -0.497 e. The zero-order valence-electron chi connectivity index (χ0n) is 17.7. The molecule has 0 saturated heterocycles. The first-order valence-electron chi connectivity index (χ1n) is 9.55. The molecule has 0 heterocycles. The number of fused-ring (bicyclic) bond motifs is 1. The van der Waals surface area contributed by atoms with Crippen molar-refractivity contribution >= 4 is 34.1 Å². The van der Waals surface area contributed by atoms with Crippen molar-refractivity contribution in [3.05, 3.63) is 66.2 Å². The predicted molar refractivity (Wildman–Crippen MR) is 116 cm³/mol. The van der Waals surface area contributed by atoms with Gasteiger partial charge >= 0.3 is 5.97 Å². The molecule has 0 aliphatic heterocycles. The van der Waals surface area contributed by atoms with Gasteiger partial charge < -0.3 is 19.5 Å². The van der Waals surface area contributed by atoms with E-state index in [1.54, 1.807) is 60.7 Å². The molecule has 0 fully saturated rings. The number of anilines is 1. The molecule has 0 aliphatic carbocycles. The summed E-state index contributed by atoms with van der Waals surface area (Å²) in [5.74, 6) is -1.55. The van der Waals surface area contributed by atoms with Crippen molar-refractivity contribution in [1.82, 2.24) is 0 Å². The molecule has 3 rings (SSSR count). The van der Waals surface area contributed by atoms with Crippen LogP contribution in [-0.2, 0) is 24.7 Å². The van der Waals surface area contributed by atoms with Gasteiger partial charge in [-0.1, -0.05) is 30.3 Å². The molecule has 160 valence electrons. The molecule has 1 N–H and O–H groups in total. The number of hydrogen-bond donors (Lipinski definition) is 1. The maximum absolute atomic E-state index is 13.6. The third-order valence-corrected chi connectivity index (χ3v) is 4.91. The fraction of sp³-hybridized carbons (Fsp3) is 0.208. The molecule has 1 unspecified atom stereocenters. The van der Waals surface area contributed by atoms with Gasteiger partial charge in [0, 0.05) is 12.6 Å². The van der Waals surface area contributed by atoms with Crippen molar-refractivity contribution in [2.75, 3.05) is 19.5 Å². The van der Waals surface area contributed by atoms with E-state index in [2.05, 4.69) is 5.32 Å². The van der Waals surface area contributed by atoms with Gasteiger partial charge in [-0.25, -0.2) is 0 Å². The summed E-state index contributed by atoms with van der Waals surface area (Å²) < 4.78 is 16.4. The molecular formula is C24H23NO6. The van der Waals surface area contributed by atoms with Crippen molar-refractivity contribution in [3.8, 4) is 11.5 Å². The number of hydrogen-bond acceptors (Lipinski definition) is 6. The maximum atomic E-state index is 13.6. The Morgan fingerprint density at radius 1 is 0.871 bits per heavy atom. The molecule has 3 aromatic carbocycles. The van der Waals surface area contributed by atoms with Crippen LogP contribution in [0.4, 0.5) is 5.69 Å². The van der Waals surface area contributed by atoms with E-state index >= 15 is 0 Å². The van der Waals surface area contributed by atoms with E-state index in [-0.39, 0.29) is 11.3 Å². The number of methoxy groups -OCH3 is 2. The molecule has 7 heteroatoms. The number of ketones is 1. The average molecular weight is 421 g/mol. The topological polar surface area (TPSA) is 90.9 Å². The molecule has 0 spiro atoms. The van der Waals surface area contributed by atoms with Gasteiger partial charge in [-0.3, -0.25) is 14.4 Å². The lowest BCUT2D eigenvalue weighted by atomic mass is 9.84. The van der Waals surface area contributed by atoms with Gasteiger partial charge in [0.1, 0.15) is 11.5 Å². The zero-order valence-corrected chi connectivity index (χ0v) is 17.7. The molecule has 0 saturated carbocycles. The summed E-state index contributed by atoms with van der Waals surface area (Å²) >= 11 is 0. The number of amides is 1. The van der Waals surface area contributed by atoms with E-state index < -0.39 is 23.3 Å². The van der Waals surface area contributed by atoms with Crippen molar-refractivity contribution in [1.29, 1.82) is 0 Å². The van der Waals surface area contributed by atoms with Crippen molar-refractivity contribution < 1.29 is 28.6 Å². The van der Waals surface area contributed by atoms with Gasteiger partial charge in [0.2, 0.25) is 0 Å². The Balaban J connectivity index is 2.36. The number of ether oxygens (including phenoxy) is 3. The lowest BCUT2D eigenvalue weighted by molar-refractivity contribution is -0.171. The Bertz CT molecular complexity index is 1140. The molecule has 7 nitrogen and oxygen atoms in total. The number of nitrogens with one attached hydrogen (secondary N) is 1. The quantitative estimate of drug-likeness (QED) is 0.460. The Morgan fingerprint density at radius 3 is 2.13 bits per heavy atom. The highest BCUT2D eigenvalue weighted by Crippen LogP contribution is 2.42. The highest BCUT2D eigenvalue weighted by molar-refractivity contribution is 6.18. The zero-order chi connectivity index (χ0) is 22.6. The summed E-state index contributed by atoms with van der Waals surface area (Å²) in [6, 6.07) is 17.2. The van der Waals surface area contributed by atoms with Gasteiger partial charge in [-0.15, -0.1) is 0 Å². The first kappa shape index (κ1) is 21.8. The summed E-state index contributed by atoms with van der Waals surface area (Å²) in [6.07, 6.45) is 0. The molecule has 1 atom stereocenters. The van der Waals surface area contributed by atoms with Crippen LogP contribution in [0.1, 0.15) is 19.4 Å². The van der Waals surface area contributed by atoms with Gasteiger partial charge in [-0.2, -0.15) is 0 Å². The second-order valence-electron chi connectivity index (χ2n) is 6.88. The summed E-state index contributed by atoms with van der Waals surface area (Å²) in [6.45, 7) is 2.34. The molecule has 0 aromatic heterocycles. The number of benzene rings is 3. The van der Waals surface area contributed by atoms with E-state index in [1.165, 1.54) is 21.1 Å². The molecule has 1 amide bonds. The molecule has 3 aromatic rings. The van der Waals surface area contributed by atoms with Crippen LogP contribution < -0.4 is 14.8 Å². The second kappa shape index (κ2) is 8.87. The van der Waals surface area contributed by atoms with Crippen molar-refractivity contribution in [2.45, 2.75) is 19.4 Å². The van der Waals surface area contributed by atoms with Gasteiger partial charge in [0.15, 0.2) is 5.78 Å². The lowest BCUT2D eigenvalue weighted by Gasteiger charge is -2.32. The van der Waals surface area contributed by atoms with Crippen molar-refractivity contribution in [2.24, 2.45) is 0 Å². The van der Waals surface area contributed by atoms with E-state index in [1.807, 2.05) is 0 Å². The first-order valence-corrected chi connectivity index (χ1v) is 9.55. The van der Waals surface area contributed by atoms with Crippen LogP contribution >= 0.6 is 0 Å². The number of para-hydroxylation sites is 1. The second-order valence-corrected chi connectivity index (χ2v) is 6.88. The third-order valence-electron chi connectivity index (χ3n) is 4.91. The van der Waals surface area contributed by atoms with Gasteiger partial charge in [0.25, 0.3) is 11.5 Å². The highest BCUT2D eigenvalue weighted by atomic mass is 16.6. The SMILES string of the molecule is COc1ccc2ccc(OC)c(C(OC(C)=O)(C(C)=O)C(=O)Nc3ccccc3)c2c1. The van der Waals surface area contributed by atoms with Crippen LogP contribution in [0.15, 0.2) is 60.7 Å². The summed E-state index contributed by atoms with van der Waals surface area (Å²) in [7, 11) is 2.92. The Hall–Kier alpha value is -3.87. The molecule has 31 heavy (non-hydrogen) atoms. The number of rotatable bonds is 7. The van der Waals surface area contributed by atoms with Gasteiger partial charge in [-0.05, 0) is 48.0 Å². The Morgan fingerprint density at radius 2 is 1.55 bits per heavy atom. The highest BCUT2D eigenvalue weighted by Gasteiger charge is 2.51. The number of esters is 1. The number of carbonyl (C=O) groups is 3. The van der Waals surface area contributed by atoms with Crippen LogP contribution in [0.3, 0.4) is 0 Å².